The number of rotatable bonds is 2. The summed E-state index contributed by atoms with van der Waals surface area (Å²) in [7, 11) is 1.97. The predicted molar refractivity (Wildman–Crippen MR) is 55.0 cm³/mol. The van der Waals surface area contributed by atoms with Crippen LogP contribution >= 0.6 is 0 Å². The average Bonchev–Trinajstić information content (AvgIpc) is 2.17. The first-order valence-electron chi connectivity index (χ1n) is 4.54. The maximum absolute atomic E-state index is 5.26. The van der Waals surface area contributed by atoms with Crippen LogP contribution in [0, 0.1) is 12.3 Å². The SMILES string of the molecule is C#Cc1cc(N2CC(NC)C2)ncn1. The Kier molecular flexibility index (Phi) is 2.33. The first kappa shape index (κ1) is 8.97. The molecule has 1 aliphatic heterocycles. The monoisotopic (exact) mass is 188 g/mol. The summed E-state index contributed by atoms with van der Waals surface area (Å²) in [4.78, 5) is 10.3. The summed E-state index contributed by atoms with van der Waals surface area (Å²) in [6, 6.07) is 2.41. The minimum atomic E-state index is 0.569. The molecule has 0 radical (unpaired) electrons. The van der Waals surface area contributed by atoms with Crippen LogP contribution in [0.2, 0.25) is 0 Å². The van der Waals surface area contributed by atoms with Crippen LogP contribution in [-0.4, -0.2) is 36.1 Å². The molecule has 0 aliphatic carbocycles. The lowest BCUT2D eigenvalue weighted by atomic mass is 10.1. The van der Waals surface area contributed by atoms with Gasteiger partial charge >= 0.3 is 0 Å². The van der Waals surface area contributed by atoms with Crippen molar-refractivity contribution >= 4 is 5.82 Å². The van der Waals surface area contributed by atoms with Gasteiger partial charge in [0.25, 0.3) is 0 Å². The fourth-order valence-electron chi connectivity index (χ4n) is 1.45. The highest BCUT2D eigenvalue weighted by molar-refractivity contribution is 5.45. The zero-order chi connectivity index (χ0) is 9.97. The molecule has 0 atom stereocenters. The smallest absolute Gasteiger partial charge is 0.133 e. The highest BCUT2D eigenvalue weighted by Gasteiger charge is 2.26. The number of hydrogen-bond donors (Lipinski definition) is 1. The fraction of sp³-hybridized carbons (Fsp3) is 0.400. The Morgan fingerprint density at radius 3 is 3.00 bits per heavy atom. The Hall–Kier alpha value is -1.60. The van der Waals surface area contributed by atoms with E-state index in [4.69, 9.17) is 6.42 Å². The van der Waals surface area contributed by atoms with Crippen LogP contribution < -0.4 is 10.2 Å². The lowest BCUT2D eigenvalue weighted by Crippen LogP contribution is -2.57. The molecule has 2 heterocycles. The molecule has 0 bridgehead atoms. The Balaban J connectivity index is 2.08. The molecule has 14 heavy (non-hydrogen) atoms. The number of terminal acetylenes is 1. The first-order chi connectivity index (χ1) is 6.83. The topological polar surface area (TPSA) is 41.0 Å². The van der Waals surface area contributed by atoms with Crippen molar-refractivity contribution in [3.8, 4) is 12.3 Å². The summed E-state index contributed by atoms with van der Waals surface area (Å²) in [5.74, 6) is 3.42. The number of aromatic nitrogens is 2. The van der Waals surface area contributed by atoms with Gasteiger partial charge in [0, 0.05) is 25.2 Å². The van der Waals surface area contributed by atoms with E-state index in [0.717, 1.165) is 18.9 Å². The lowest BCUT2D eigenvalue weighted by molar-refractivity contribution is 0.447. The summed E-state index contributed by atoms with van der Waals surface area (Å²) in [5, 5.41) is 3.20. The van der Waals surface area contributed by atoms with Gasteiger partial charge < -0.3 is 10.2 Å². The van der Waals surface area contributed by atoms with Crippen LogP contribution in [-0.2, 0) is 0 Å². The van der Waals surface area contributed by atoms with Crippen molar-refractivity contribution in [3.05, 3.63) is 18.1 Å². The third kappa shape index (κ3) is 1.54. The van der Waals surface area contributed by atoms with E-state index < -0.39 is 0 Å². The van der Waals surface area contributed by atoms with Gasteiger partial charge in [-0.3, -0.25) is 0 Å². The number of likely N-dealkylation sites (N-methyl/N-ethyl adjacent to an activating group) is 1. The molecule has 1 N–H and O–H groups in total. The van der Waals surface area contributed by atoms with Crippen molar-refractivity contribution in [1.82, 2.24) is 15.3 Å². The molecule has 0 unspecified atom stereocenters. The van der Waals surface area contributed by atoms with Gasteiger partial charge in [-0.2, -0.15) is 0 Å². The molecule has 4 nitrogen and oxygen atoms in total. The highest BCUT2D eigenvalue weighted by atomic mass is 15.3. The minimum absolute atomic E-state index is 0.569. The lowest BCUT2D eigenvalue weighted by Gasteiger charge is -2.39. The van der Waals surface area contributed by atoms with Crippen LogP contribution in [0.5, 0.6) is 0 Å². The molecule has 0 aromatic carbocycles. The molecular weight excluding hydrogens is 176 g/mol. The number of nitrogens with one attached hydrogen (secondary N) is 1. The quantitative estimate of drug-likeness (QED) is 0.656. The summed E-state index contributed by atoms with van der Waals surface area (Å²) in [6.07, 6.45) is 6.77. The molecule has 1 aromatic heterocycles. The molecule has 2 rings (SSSR count). The van der Waals surface area contributed by atoms with Gasteiger partial charge in [-0.25, -0.2) is 9.97 Å². The summed E-state index contributed by atoms with van der Waals surface area (Å²) < 4.78 is 0. The summed E-state index contributed by atoms with van der Waals surface area (Å²) in [5.41, 5.74) is 0.642. The third-order valence-corrected chi connectivity index (χ3v) is 2.41. The van der Waals surface area contributed by atoms with Crippen molar-refractivity contribution in [2.45, 2.75) is 6.04 Å². The van der Waals surface area contributed by atoms with Gasteiger partial charge in [0.1, 0.15) is 17.8 Å². The van der Waals surface area contributed by atoms with E-state index in [9.17, 15) is 0 Å². The van der Waals surface area contributed by atoms with Gasteiger partial charge in [-0.05, 0) is 7.05 Å². The fourth-order valence-corrected chi connectivity index (χ4v) is 1.45. The molecule has 1 aliphatic rings. The molecule has 0 saturated carbocycles. The van der Waals surface area contributed by atoms with Gasteiger partial charge in [0.2, 0.25) is 0 Å². The molecule has 1 fully saturated rings. The standard InChI is InChI=1S/C10H12N4/c1-3-8-4-10(13-7-12-8)14-5-9(6-14)11-2/h1,4,7,9,11H,5-6H2,2H3. The van der Waals surface area contributed by atoms with Crippen LogP contribution in [0.25, 0.3) is 0 Å². The Labute approximate surface area is 83.4 Å². The van der Waals surface area contributed by atoms with Crippen molar-refractivity contribution in [3.63, 3.8) is 0 Å². The number of nitrogens with zero attached hydrogens (tertiary/aromatic N) is 3. The maximum Gasteiger partial charge on any atom is 0.133 e. The molecular formula is C10H12N4. The van der Waals surface area contributed by atoms with E-state index in [1.165, 1.54) is 6.33 Å². The van der Waals surface area contributed by atoms with Crippen molar-refractivity contribution in [1.29, 1.82) is 0 Å². The van der Waals surface area contributed by atoms with Crippen molar-refractivity contribution < 1.29 is 0 Å². The zero-order valence-corrected chi connectivity index (χ0v) is 8.07. The summed E-state index contributed by atoms with van der Waals surface area (Å²) in [6.45, 7) is 1.97. The Morgan fingerprint density at radius 1 is 1.57 bits per heavy atom. The number of anilines is 1. The van der Waals surface area contributed by atoms with E-state index in [1.807, 2.05) is 13.1 Å². The van der Waals surface area contributed by atoms with E-state index in [0.29, 0.717) is 11.7 Å². The van der Waals surface area contributed by atoms with E-state index in [2.05, 4.69) is 26.1 Å². The molecule has 0 amide bonds. The molecule has 4 heteroatoms. The normalized spacial score (nSPS) is 16.1. The van der Waals surface area contributed by atoms with Crippen LogP contribution in [0.3, 0.4) is 0 Å². The van der Waals surface area contributed by atoms with E-state index in [1.54, 1.807) is 0 Å². The van der Waals surface area contributed by atoms with E-state index in [-0.39, 0.29) is 0 Å². The number of hydrogen-bond acceptors (Lipinski definition) is 4. The van der Waals surface area contributed by atoms with Crippen LogP contribution in [0.4, 0.5) is 5.82 Å². The molecule has 1 aromatic rings. The Bertz CT molecular complexity index is 363. The second-order valence-corrected chi connectivity index (χ2v) is 3.30. The highest BCUT2D eigenvalue weighted by Crippen LogP contribution is 2.17. The van der Waals surface area contributed by atoms with Crippen LogP contribution in [0.15, 0.2) is 12.4 Å². The largest absolute Gasteiger partial charge is 0.353 e. The van der Waals surface area contributed by atoms with Crippen molar-refractivity contribution in [2.24, 2.45) is 0 Å². The molecule has 1 saturated heterocycles. The van der Waals surface area contributed by atoms with Gasteiger partial charge in [-0.15, -0.1) is 6.42 Å². The molecule has 0 spiro atoms. The minimum Gasteiger partial charge on any atom is -0.353 e. The maximum atomic E-state index is 5.26. The van der Waals surface area contributed by atoms with Gasteiger partial charge in [-0.1, -0.05) is 5.92 Å². The van der Waals surface area contributed by atoms with Gasteiger partial charge in [0.05, 0.1) is 0 Å². The molecule has 72 valence electrons. The first-order valence-corrected chi connectivity index (χ1v) is 4.54. The van der Waals surface area contributed by atoms with E-state index >= 15 is 0 Å². The van der Waals surface area contributed by atoms with Crippen LogP contribution in [0.1, 0.15) is 5.69 Å². The Morgan fingerprint density at radius 2 is 2.36 bits per heavy atom. The average molecular weight is 188 g/mol. The third-order valence-electron chi connectivity index (χ3n) is 2.41. The zero-order valence-electron chi connectivity index (χ0n) is 8.07. The second kappa shape index (κ2) is 3.64. The van der Waals surface area contributed by atoms with Crippen molar-refractivity contribution in [2.75, 3.05) is 25.0 Å². The second-order valence-electron chi connectivity index (χ2n) is 3.30. The van der Waals surface area contributed by atoms with Gasteiger partial charge in [0.15, 0.2) is 0 Å². The predicted octanol–water partition coefficient (Wildman–Crippen LogP) is -0.134. The summed E-state index contributed by atoms with van der Waals surface area (Å²) >= 11 is 0.